The summed E-state index contributed by atoms with van der Waals surface area (Å²) in [4.78, 5) is 18.2. The molecule has 5 heteroatoms. The van der Waals surface area contributed by atoms with Crippen LogP contribution in [0.2, 0.25) is 0 Å². The molecule has 0 saturated carbocycles. The monoisotopic (exact) mass is 268 g/mol. The molecular formula is C13H20N2O2S. The van der Waals surface area contributed by atoms with Crippen molar-refractivity contribution >= 4 is 22.4 Å². The molecule has 0 unspecified atom stereocenters. The molecule has 0 spiro atoms. The van der Waals surface area contributed by atoms with E-state index < -0.39 is 0 Å². The smallest absolute Gasteiger partial charge is 0.306 e. The SMILES string of the molecule is CCOC(=O)CCc1csc(N2CCCCC2)n1. The van der Waals surface area contributed by atoms with Crippen molar-refractivity contribution in [2.24, 2.45) is 0 Å². The maximum absolute atomic E-state index is 11.3. The first-order valence-electron chi connectivity index (χ1n) is 6.64. The number of hydrogen-bond donors (Lipinski definition) is 0. The highest BCUT2D eigenvalue weighted by Crippen LogP contribution is 2.24. The molecule has 1 aliphatic heterocycles. The summed E-state index contributed by atoms with van der Waals surface area (Å²) in [6, 6.07) is 0. The summed E-state index contributed by atoms with van der Waals surface area (Å²) in [7, 11) is 0. The molecule has 1 aromatic heterocycles. The van der Waals surface area contributed by atoms with Gasteiger partial charge in [-0.25, -0.2) is 4.98 Å². The summed E-state index contributed by atoms with van der Waals surface area (Å²) >= 11 is 1.68. The van der Waals surface area contributed by atoms with Crippen molar-refractivity contribution in [3.8, 4) is 0 Å². The number of aryl methyl sites for hydroxylation is 1. The number of aromatic nitrogens is 1. The third-order valence-electron chi connectivity index (χ3n) is 3.06. The van der Waals surface area contributed by atoms with Crippen LogP contribution in [0, 0.1) is 0 Å². The van der Waals surface area contributed by atoms with Gasteiger partial charge in [-0.2, -0.15) is 0 Å². The van der Waals surface area contributed by atoms with Crippen LogP contribution in [-0.2, 0) is 16.0 Å². The van der Waals surface area contributed by atoms with Crippen LogP contribution in [0.1, 0.15) is 38.3 Å². The Morgan fingerprint density at radius 3 is 2.94 bits per heavy atom. The van der Waals surface area contributed by atoms with Gasteiger partial charge >= 0.3 is 5.97 Å². The quantitative estimate of drug-likeness (QED) is 0.770. The van der Waals surface area contributed by atoms with Gasteiger partial charge in [0, 0.05) is 24.9 Å². The molecule has 4 nitrogen and oxygen atoms in total. The Kier molecular flexibility index (Phi) is 4.99. The van der Waals surface area contributed by atoms with Crippen LogP contribution in [0.5, 0.6) is 0 Å². The van der Waals surface area contributed by atoms with E-state index in [2.05, 4.69) is 15.3 Å². The first-order valence-corrected chi connectivity index (χ1v) is 7.52. The molecule has 0 aromatic carbocycles. The predicted molar refractivity (Wildman–Crippen MR) is 73.1 cm³/mol. The minimum Gasteiger partial charge on any atom is -0.466 e. The lowest BCUT2D eigenvalue weighted by Crippen LogP contribution is -2.29. The third-order valence-corrected chi connectivity index (χ3v) is 4.01. The van der Waals surface area contributed by atoms with E-state index in [-0.39, 0.29) is 5.97 Å². The summed E-state index contributed by atoms with van der Waals surface area (Å²) in [5, 5.41) is 3.16. The molecule has 0 radical (unpaired) electrons. The third kappa shape index (κ3) is 3.70. The fourth-order valence-electron chi connectivity index (χ4n) is 2.10. The normalized spacial score (nSPS) is 15.7. The van der Waals surface area contributed by atoms with Gasteiger partial charge < -0.3 is 9.64 Å². The average Bonchev–Trinajstić information content (AvgIpc) is 2.87. The number of nitrogens with zero attached hydrogens (tertiary/aromatic N) is 2. The minimum absolute atomic E-state index is 0.134. The van der Waals surface area contributed by atoms with E-state index in [1.807, 2.05) is 6.92 Å². The zero-order valence-electron chi connectivity index (χ0n) is 10.9. The molecular weight excluding hydrogens is 248 g/mol. The van der Waals surface area contributed by atoms with Crippen molar-refractivity contribution in [3.63, 3.8) is 0 Å². The number of piperidine rings is 1. The predicted octanol–water partition coefficient (Wildman–Crippen LogP) is 2.63. The molecule has 0 bridgehead atoms. The Labute approximate surface area is 112 Å². The highest BCUT2D eigenvalue weighted by molar-refractivity contribution is 7.13. The molecule has 100 valence electrons. The summed E-state index contributed by atoms with van der Waals surface area (Å²) in [5.74, 6) is -0.134. The highest BCUT2D eigenvalue weighted by atomic mass is 32.1. The lowest BCUT2D eigenvalue weighted by molar-refractivity contribution is -0.143. The second kappa shape index (κ2) is 6.73. The van der Waals surface area contributed by atoms with Crippen LogP contribution in [0.25, 0.3) is 0 Å². The lowest BCUT2D eigenvalue weighted by Gasteiger charge is -2.25. The summed E-state index contributed by atoms with van der Waals surface area (Å²) in [6.07, 6.45) is 4.97. The summed E-state index contributed by atoms with van der Waals surface area (Å²) in [5.41, 5.74) is 1.01. The summed E-state index contributed by atoms with van der Waals surface area (Å²) < 4.78 is 4.91. The van der Waals surface area contributed by atoms with E-state index in [9.17, 15) is 4.79 Å². The number of thiazole rings is 1. The number of hydrogen-bond acceptors (Lipinski definition) is 5. The van der Waals surface area contributed by atoms with E-state index in [0.717, 1.165) is 23.9 Å². The van der Waals surface area contributed by atoms with E-state index >= 15 is 0 Å². The standard InChI is InChI=1S/C13H20N2O2S/c1-2-17-12(16)7-6-11-10-18-13(14-11)15-8-4-3-5-9-15/h10H,2-9H2,1H3. The van der Waals surface area contributed by atoms with E-state index in [1.54, 1.807) is 11.3 Å². The fraction of sp³-hybridized carbons (Fsp3) is 0.692. The van der Waals surface area contributed by atoms with Gasteiger partial charge in [-0.1, -0.05) is 0 Å². The molecule has 0 atom stereocenters. The van der Waals surface area contributed by atoms with Gasteiger partial charge in [0.15, 0.2) is 5.13 Å². The van der Waals surface area contributed by atoms with Crippen molar-refractivity contribution in [3.05, 3.63) is 11.1 Å². The van der Waals surface area contributed by atoms with Crippen LogP contribution in [0.4, 0.5) is 5.13 Å². The van der Waals surface area contributed by atoms with Crippen molar-refractivity contribution in [2.45, 2.75) is 39.0 Å². The van der Waals surface area contributed by atoms with Crippen molar-refractivity contribution < 1.29 is 9.53 Å². The van der Waals surface area contributed by atoms with Crippen LogP contribution < -0.4 is 4.90 Å². The molecule has 1 aromatic rings. The number of anilines is 1. The van der Waals surface area contributed by atoms with E-state index in [0.29, 0.717) is 19.4 Å². The van der Waals surface area contributed by atoms with Gasteiger partial charge in [0.2, 0.25) is 0 Å². The number of ether oxygens (including phenoxy) is 1. The van der Waals surface area contributed by atoms with Crippen molar-refractivity contribution in [1.29, 1.82) is 0 Å². The number of esters is 1. The average molecular weight is 268 g/mol. The molecule has 0 N–H and O–H groups in total. The zero-order chi connectivity index (χ0) is 12.8. The van der Waals surface area contributed by atoms with Crippen LogP contribution in [-0.4, -0.2) is 30.6 Å². The van der Waals surface area contributed by atoms with Gasteiger partial charge in [0.25, 0.3) is 0 Å². The largest absolute Gasteiger partial charge is 0.466 e. The Morgan fingerprint density at radius 2 is 2.22 bits per heavy atom. The lowest BCUT2D eigenvalue weighted by atomic mass is 10.1. The Morgan fingerprint density at radius 1 is 1.44 bits per heavy atom. The second-order valence-electron chi connectivity index (χ2n) is 4.47. The zero-order valence-corrected chi connectivity index (χ0v) is 11.7. The summed E-state index contributed by atoms with van der Waals surface area (Å²) in [6.45, 7) is 4.51. The molecule has 1 aliphatic rings. The molecule has 2 heterocycles. The van der Waals surface area contributed by atoms with Crippen molar-refractivity contribution in [1.82, 2.24) is 4.98 Å². The molecule has 0 aliphatic carbocycles. The topological polar surface area (TPSA) is 42.4 Å². The minimum atomic E-state index is -0.134. The first-order chi connectivity index (χ1) is 8.79. The van der Waals surface area contributed by atoms with Gasteiger partial charge in [-0.3, -0.25) is 4.79 Å². The van der Waals surface area contributed by atoms with E-state index in [4.69, 9.17) is 4.74 Å². The van der Waals surface area contributed by atoms with E-state index in [1.165, 1.54) is 19.3 Å². The fourth-order valence-corrected chi connectivity index (χ4v) is 3.02. The molecule has 1 saturated heterocycles. The molecule has 2 rings (SSSR count). The highest BCUT2D eigenvalue weighted by Gasteiger charge is 2.14. The second-order valence-corrected chi connectivity index (χ2v) is 5.31. The van der Waals surface area contributed by atoms with Gasteiger partial charge in [-0.15, -0.1) is 11.3 Å². The van der Waals surface area contributed by atoms with Gasteiger partial charge in [-0.05, 0) is 26.2 Å². The Hall–Kier alpha value is -1.10. The molecule has 0 amide bonds. The van der Waals surface area contributed by atoms with Crippen LogP contribution >= 0.6 is 11.3 Å². The van der Waals surface area contributed by atoms with Gasteiger partial charge in [0.05, 0.1) is 18.7 Å². The van der Waals surface area contributed by atoms with Crippen LogP contribution in [0.3, 0.4) is 0 Å². The number of rotatable bonds is 5. The molecule has 1 fully saturated rings. The maximum atomic E-state index is 11.3. The van der Waals surface area contributed by atoms with Gasteiger partial charge in [0.1, 0.15) is 0 Å². The Balaban J connectivity index is 1.83. The first kappa shape index (κ1) is 13.3. The molecule has 18 heavy (non-hydrogen) atoms. The van der Waals surface area contributed by atoms with Crippen molar-refractivity contribution in [2.75, 3.05) is 24.6 Å². The number of carbonyl (C=O) groups excluding carboxylic acids is 1. The van der Waals surface area contributed by atoms with Crippen LogP contribution in [0.15, 0.2) is 5.38 Å². The number of carbonyl (C=O) groups is 1. The maximum Gasteiger partial charge on any atom is 0.306 e. The Bertz CT molecular complexity index is 386.